The fraction of sp³-hybridized carbons (Fsp3) is 0.600. The van der Waals surface area contributed by atoms with Crippen LogP contribution in [0.2, 0.25) is 0 Å². The Labute approximate surface area is 110 Å². The molecule has 0 saturated carbocycles. The Balaban J connectivity index is 2.06. The molecule has 2 unspecified atom stereocenters. The Kier molecular flexibility index (Phi) is 4.48. The van der Waals surface area contributed by atoms with E-state index >= 15 is 0 Å². The van der Waals surface area contributed by atoms with Crippen molar-refractivity contribution in [1.82, 2.24) is 5.32 Å². The van der Waals surface area contributed by atoms with Gasteiger partial charge in [-0.15, -0.1) is 0 Å². The molecular formula is C15H24N2O. The van der Waals surface area contributed by atoms with E-state index in [0.717, 1.165) is 31.8 Å². The average molecular weight is 248 g/mol. The van der Waals surface area contributed by atoms with Crippen LogP contribution < -0.4 is 15.0 Å². The largest absolute Gasteiger partial charge is 0.491 e. The lowest BCUT2D eigenvalue weighted by molar-refractivity contribution is 0.217. The second-order valence-corrected chi connectivity index (χ2v) is 5.14. The van der Waals surface area contributed by atoms with Gasteiger partial charge in [-0.2, -0.15) is 0 Å². The van der Waals surface area contributed by atoms with E-state index in [1.807, 2.05) is 6.07 Å². The number of benzene rings is 1. The molecule has 1 heterocycles. The normalized spacial score (nSPS) is 21.7. The zero-order valence-corrected chi connectivity index (χ0v) is 11.6. The zero-order chi connectivity index (χ0) is 13.0. The molecule has 0 amide bonds. The van der Waals surface area contributed by atoms with Crippen LogP contribution in [0.15, 0.2) is 24.3 Å². The third-order valence-electron chi connectivity index (χ3n) is 3.46. The molecular weight excluding hydrogens is 224 g/mol. The SMILES string of the molecule is CCC(C)Oc1cccc(N2CCNC(C)C2)c1. The molecule has 0 aliphatic carbocycles. The highest BCUT2D eigenvalue weighted by molar-refractivity contribution is 5.51. The van der Waals surface area contributed by atoms with Crippen molar-refractivity contribution in [2.45, 2.75) is 39.3 Å². The summed E-state index contributed by atoms with van der Waals surface area (Å²) in [5.74, 6) is 0.980. The Bertz CT molecular complexity index is 381. The van der Waals surface area contributed by atoms with Crippen LogP contribution in [-0.2, 0) is 0 Å². The molecule has 1 aliphatic heterocycles. The van der Waals surface area contributed by atoms with Crippen LogP contribution in [0.25, 0.3) is 0 Å². The summed E-state index contributed by atoms with van der Waals surface area (Å²) in [7, 11) is 0. The van der Waals surface area contributed by atoms with Gasteiger partial charge in [0.25, 0.3) is 0 Å². The van der Waals surface area contributed by atoms with E-state index in [2.05, 4.69) is 49.2 Å². The molecule has 1 N–H and O–H groups in total. The van der Waals surface area contributed by atoms with Crippen LogP contribution in [0.1, 0.15) is 27.2 Å². The highest BCUT2D eigenvalue weighted by Gasteiger charge is 2.16. The van der Waals surface area contributed by atoms with Gasteiger partial charge in [0.05, 0.1) is 6.10 Å². The fourth-order valence-electron chi connectivity index (χ4n) is 2.24. The fourth-order valence-corrected chi connectivity index (χ4v) is 2.24. The van der Waals surface area contributed by atoms with E-state index in [4.69, 9.17) is 4.74 Å². The van der Waals surface area contributed by atoms with Crippen LogP contribution in [0, 0.1) is 0 Å². The summed E-state index contributed by atoms with van der Waals surface area (Å²) in [5.41, 5.74) is 1.27. The summed E-state index contributed by atoms with van der Waals surface area (Å²) < 4.78 is 5.88. The van der Waals surface area contributed by atoms with Gasteiger partial charge < -0.3 is 15.0 Å². The maximum Gasteiger partial charge on any atom is 0.121 e. The number of piperazine rings is 1. The van der Waals surface area contributed by atoms with Crippen molar-refractivity contribution in [3.05, 3.63) is 24.3 Å². The van der Waals surface area contributed by atoms with Gasteiger partial charge in [-0.05, 0) is 32.4 Å². The molecule has 1 fully saturated rings. The summed E-state index contributed by atoms with van der Waals surface area (Å²) in [4.78, 5) is 2.42. The zero-order valence-electron chi connectivity index (χ0n) is 11.6. The van der Waals surface area contributed by atoms with Crippen LogP contribution in [0.5, 0.6) is 5.75 Å². The van der Waals surface area contributed by atoms with Crippen LogP contribution in [-0.4, -0.2) is 31.8 Å². The van der Waals surface area contributed by atoms with E-state index in [1.165, 1.54) is 5.69 Å². The van der Waals surface area contributed by atoms with Gasteiger partial charge >= 0.3 is 0 Å². The molecule has 2 rings (SSSR count). The second kappa shape index (κ2) is 6.10. The first kappa shape index (κ1) is 13.2. The minimum Gasteiger partial charge on any atom is -0.491 e. The summed E-state index contributed by atoms with van der Waals surface area (Å²) in [6.45, 7) is 9.67. The second-order valence-electron chi connectivity index (χ2n) is 5.14. The Morgan fingerprint density at radius 3 is 3.06 bits per heavy atom. The lowest BCUT2D eigenvalue weighted by Gasteiger charge is -2.33. The molecule has 0 radical (unpaired) electrons. The summed E-state index contributed by atoms with van der Waals surface area (Å²) in [6, 6.07) is 9.00. The smallest absolute Gasteiger partial charge is 0.121 e. The van der Waals surface area contributed by atoms with Gasteiger partial charge in [-0.1, -0.05) is 13.0 Å². The molecule has 1 aliphatic rings. The Morgan fingerprint density at radius 2 is 2.33 bits per heavy atom. The van der Waals surface area contributed by atoms with Crippen molar-refractivity contribution in [1.29, 1.82) is 0 Å². The highest BCUT2D eigenvalue weighted by atomic mass is 16.5. The molecule has 3 heteroatoms. The highest BCUT2D eigenvalue weighted by Crippen LogP contribution is 2.23. The lowest BCUT2D eigenvalue weighted by Crippen LogP contribution is -2.49. The van der Waals surface area contributed by atoms with Crippen molar-refractivity contribution >= 4 is 5.69 Å². The Morgan fingerprint density at radius 1 is 1.50 bits per heavy atom. The van der Waals surface area contributed by atoms with E-state index < -0.39 is 0 Å². The number of ether oxygens (including phenoxy) is 1. The van der Waals surface area contributed by atoms with Gasteiger partial charge in [0, 0.05) is 37.4 Å². The molecule has 1 aromatic carbocycles. The predicted molar refractivity (Wildman–Crippen MR) is 76.5 cm³/mol. The lowest BCUT2D eigenvalue weighted by atomic mass is 10.2. The number of anilines is 1. The van der Waals surface area contributed by atoms with Crippen molar-refractivity contribution in [3.8, 4) is 5.75 Å². The maximum absolute atomic E-state index is 5.88. The summed E-state index contributed by atoms with van der Waals surface area (Å²) >= 11 is 0. The number of hydrogen-bond donors (Lipinski definition) is 1. The van der Waals surface area contributed by atoms with E-state index in [-0.39, 0.29) is 6.10 Å². The molecule has 0 aromatic heterocycles. The summed E-state index contributed by atoms with van der Waals surface area (Å²) in [6.07, 6.45) is 1.32. The third-order valence-corrected chi connectivity index (χ3v) is 3.46. The monoisotopic (exact) mass is 248 g/mol. The molecule has 2 atom stereocenters. The molecule has 0 bridgehead atoms. The van der Waals surface area contributed by atoms with Crippen LogP contribution in [0.3, 0.4) is 0 Å². The third kappa shape index (κ3) is 3.39. The van der Waals surface area contributed by atoms with Crippen molar-refractivity contribution < 1.29 is 4.74 Å². The number of nitrogens with one attached hydrogen (secondary N) is 1. The Hall–Kier alpha value is -1.22. The number of rotatable bonds is 4. The maximum atomic E-state index is 5.88. The first-order valence-electron chi connectivity index (χ1n) is 6.94. The number of hydrogen-bond acceptors (Lipinski definition) is 3. The first-order chi connectivity index (χ1) is 8.69. The molecule has 0 spiro atoms. The van der Waals surface area contributed by atoms with Crippen molar-refractivity contribution in [2.24, 2.45) is 0 Å². The summed E-state index contributed by atoms with van der Waals surface area (Å²) in [5, 5.41) is 3.46. The molecule has 1 aromatic rings. The predicted octanol–water partition coefficient (Wildman–Crippen LogP) is 2.66. The van der Waals surface area contributed by atoms with Crippen molar-refractivity contribution in [3.63, 3.8) is 0 Å². The van der Waals surface area contributed by atoms with E-state index in [9.17, 15) is 0 Å². The van der Waals surface area contributed by atoms with E-state index in [1.54, 1.807) is 0 Å². The molecule has 18 heavy (non-hydrogen) atoms. The average Bonchev–Trinajstić information content (AvgIpc) is 2.39. The first-order valence-corrected chi connectivity index (χ1v) is 6.94. The molecule has 1 saturated heterocycles. The van der Waals surface area contributed by atoms with Gasteiger partial charge in [0.1, 0.15) is 5.75 Å². The van der Waals surface area contributed by atoms with Crippen LogP contribution >= 0.6 is 0 Å². The molecule has 3 nitrogen and oxygen atoms in total. The van der Waals surface area contributed by atoms with Gasteiger partial charge in [-0.25, -0.2) is 0 Å². The topological polar surface area (TPSA) is 24.5 Å². The quantitative estimate of drug-likeness (QED) is 0.886. The number of nitrogens with zero attached hydrogens (tertiary/aromatic N) is 1. The van der Waals surface area contributed by atoms with Crippen molar-refractivity contribution in [2.75, 3.05) is 24.5 Å². The minimum absolute atomic E-state index is 0.280. The van der Waals surface area contributed by atoms with Gasteiger partial charge in [0.2, 0.25) is 0 Å². The minimum atomic E-state index is 0.280. The van der Waals surface area contributed by atoms with Gasteiger partial charge in [0.15, 0.2) is 0 Å². The molecule has 100 valence electrons. The van der Waals surface area contributed by atoms with Crippen LogP contribution in [0.4, 0.5) is 5.69 Å². The van der Waals surface area contributed by atoms with E-state index in [0.29, 0.717) is 6.04 Å². The standard InChI is InChI=1S/C15H24N2O/c1-4-13(3)18-15-7-5-6-14(10-15)17-9-8-16-12(2)11-17/h5-7,10,12-13,16H,4,8-9,11H2,1-3H3. The van der Waals surface area contributed by atoms with Gasteiger partial charge in [-0.3, -0.25) is 0 Å².